The topological polar surface area (TPSA) is 105 Å². The van der Waals surface area contributed by atoms with Gasteiger partial charge in [0.1, 0.15) is 0 Å². The maximum absolute atomic E-state index is 13.0. The Morgan fingerprint density at radius 3 is 2.29 bits per heavy atom. The van der Waals surface area contributed by atoms with Gasteiger partial charge in [-0.25, -0.2) is 0 Å². The number of ketones is 1. The highest BCUT2D eigenvalue weighted by Crippen LogP contribution is 2.25. The van der Waals surface area contributed by atoms with Gasteiger partial charge in [-0.3, -0.25) is 4.79 Å². The third-order valence-electron chi connectivity index (χ3n) is 4.54. The van der Waals surface area contributed by atoms with E-state index < -0.39 is 10.0 Å². The van der Waals surface area contributed by atoms with Gasteiger partial charge in [-0.05, 0) is 54.6 Å². The van der Waals surface area contributed by atoms with Gasteiger partial charge in [0, 0.05) is 21.7 Å². The van der Waals surface area contributed by atoms with Crippen LogP contribution in [0.1, 0.15) is 16.1 Å². The number of hydrogen-bond acceptors (Lipinski definition) is 4. The van der Waals surface area contributed by atoms with E-state index in [0.717, 1.165) is 0 Å². The predicted molar refractivity (Wildman–Crippen MR) is 122 cm³/mol. The second kappa shape index (κ2) is 8.19. The minimum absolute atomic E-state index is 0.0208. The minimum Gasteiger partial charge on any atom is -0.399 e. The maximum atomic E-state index is 13.0. The highest BCUT2D eigenvalue weighted by molar-refractivity contribution is 7.90. The van der Waals surface area contributed by atoms with Crippen molar-refractivity contribution in [3.05, 3.63) is 99.5 Å². The molecular weight excluding hydrogens is 457 g/mol. The van der Waals surface area contributed by atoms with Crippen molar-refractivity contribution in [2.24, 2.45) is 4.40 Å². The van der Waals surface area contributed by atoms with Crippen molar-refractivity contribution in [3.8, 4) is 0 Å². The van der Waals surface area contributed by atoms with Crippen LogP contribution >= 0.6 is 23.2 Å². The van der Waals surface area contributed by atoms with E-state index in [-0.39, 0.29) is 26.8 Å². The highest BCUT2D eigenvalue weighted by atomic mass is 35.5. The summed E-state index contributed by atoms with van der Waals surface area (Å²) < 4.78 is 29.7. The number of carbonyl (C=O) groups excluding carboxylic acids is 1. The van der Waals surface area contributed by atoms with Crippen LogP contribution in [0, 0.1) is 0 Å². The average molecular weight is 472 g/mol. The number of rotatable bonds is 4. The van der Waals surface area contributed by atoms with E-state index in [9.17, 15) is 13.2 Å². The molecule has 1 heterocycles. The molecule has 3 aromatic carbocycles. The van der Waals surface area contributed by atoms with Crippen molar-refractivity contribution in [3.63, 3.8) is 0 Å². The first-order valence-corrected chi connectivity index (χ1v) is 11.2. The molecule has 4 aromatic rings. The fraction of sp³-hybridized carbons (Fsp3) is 0. The Labute approximate surface area is 188 Å². The Bertz CT molecular complexity index is 1480. The number of benzene rings is 3. The molecule has 0 saturated heterocycles. The molecular formula is C22H15Cl2N3O3S. The Morgan fingerprint density at radius 1 is 0.935 bits per heavy atom. The number of carbonyl (C=O) groups is 1. The van der Waals surface area contributed by atoms with E-state index in [2.05, 4.69) is 9.38 Å². The number of pyridine rings is 1. The van der Waals surface area contributed by atoms with E-state index in [1.165, 1.54) is 24.3 Å². The van der Waals surface area contributed by atoms with E-state index in [0.29, 0.717) is 27.2 Å². The van der Waals surface area contributed by atoms with Crippen molar-refractivity contribution in [1.82, 2.24) is 4.98 Å². The van der Waals surface area contributed by atoms with Gasteiger partial charge in [0.2, 0.25) is 5.78 Å². The molecule has 0 fully saturated rings. The lowest BCUT2D eigenvalue weighted by Gasteiger charge is -2.08. The molecule has 0 radical (unpaired) electrons. The minimum atomic E-state index is -4.05. The largest absolute Gasteiger partial charge is 0.399 e. The first-order valence-electron chi connectivity index (χ1n) is 9.03. The second-order valence-electron chi connectivity index (χ2n) is 6.71. The molecule has 1 aromatic heterocycles. The first kappa shape index (κ1) is 21.1. The number of aromatic nitrogens is 1. The summed E-state index contributed by atoms with van der Waals surface area (Å²) in [6.07, 6.45) is 0. The summed E-state index contributed by atoms with van der Waals surface area (Å²) in [7, 11) is -4.05. The molecule has 31 heavy (non-hydrogen) atoms. The first-order chi connectivity index (χ1) is 14.7. The molecule has 0 atom stereocenters. The number of anilines is 1. The average Bonchev–Trinajstić information content (AvgIpc) is 2.73. The fourth-order valence-electron chi connectivity index (χ4n) is 3.08. The molecule has 9 heteroatoms. The lowest BCUT2D eigenvalue weighted by Crippen LogP contribution is -2.15. The smallest absolute Gasteiger partial charge is 0.282 e. The molecule has 4 rings (SSSR count). The van der Waals surface area contributed by atoms with E-state index >= 15 is 0 Å². The molecule has 0 unspecified atom stereocenters. The van der Waals surface area contributed by atoms with Crippen molar-refractivity contribution in [2.45, 2.75) is 4.90 Å². The number of nitrogens with zero attached hydrogens (tertiary/aromatic N) is 1. The maximum Gasteiger partial charge on any atom is 0.282 e. The Kier molecular flexibility index (Phi) is 5.58. The number of nitrogens with two attached hydrogens (primary N) is 1. The molecule has 0 bridgehead atoms. The highest BCUT2D eigenvalue weighted by Gasteiger charge is 2.17. The van der Waals surface area contributed by atoms with Gasteiger partial charge < -0.3 is 10.7 Å². The third-order valence-corrected chi connectivity index (χ3v) is 6.36. The van der Waals surface area contributed by atoms with Gasteiger partial charge in [-0.1, -0.05) is 41.4 Å². The zero-order valence-electron chi connectivity index (χ0n) is 15.8. The molecule has 156 valence electrons. The number of nitrogens with one attached hydrogen (secondary N) is 1. The number of hydrogen-bond donors (Lipinski definition) is 2. The van der Waals surface area contributed by atoms with E-state index in [4.69, 9.17) is 28.9 Å². The predicted octanol–water partition coefficient (Wildman–Crippen LogP) is 4.58. The monoisotopic (exact) mass is 471 g/mol. The van der Waals surface area contributed by atoms with Crippen LogP contribution in [0.15, 0.2) is 82.1 Å². The van der Waals surface area contributed by atoms with Crippen LogP contribution in [0.4, 0.5) is 5.69 Å². The number of H-pyrrole nitrogens is 1. The number of nitrogen functional groups attached to an aromatic ring is 1. The standard InChI is InChI=1S/C22H15Cl2N3O3S/c23-14-10-17(24)21-18(11-14)26-20(22(28)13-6-8-15(25)9-7-13)12-19(21)27-31(29,30)16-4-2-1-3-5-16/h1-12H,25H2,(H,26,27). The van der Waals surface area contributed by atoms with Crippen LogP contribution < -0.4 is 11.1 Å². The molecule has 0 aliphatic rings. The Balaban J connectivity index is 1.99. The third kappa shape index (κ3) is 4.34. The van der Waals surface area contributed by atoms with Crippen LogP contribution in [0.3, 0.4) is 0 Å². The second-order valence-corrected chi connectivity index (χ2v) is 9.16. The number of aromatic amines is 1. The Hall–Kier alpha value is -3.13. The number of sulfonamides is 1. The number of fused-ring (bicyclic) bond motifs is 1. The van der Waals surface area contributed by atoms with Crippen LogP contribution in [-0.2, 0) is 10.0 Å². The summed E-state index contributed by atoms with van der Waals surface area (Å²) in [6, 6.07) is 18.5. The van der Waals surface area contributed by atoms with Crippen molar-refractivity contribution in [1.29, 1.82) is 0 Å². The zero-order valence-corrected chi connectivity index (χ0v) is 18.2. The van der Waals surface area contributed by atoms with E-state index in [1.54, 1.807) is 48.5 Å². The van der Waals surface area contributed by atoms with Gasteiger partial charge in [-0.15, -0.1) is 0 Å². The molecule has 3 N–H and O–H groups in total. The lowest BCUT2D eigenvalue weighted by atomic mass is 10.1. The summed E-state index contributed by atoms with van der Waals surface area (Å²) in [6.45, 7) is 0. The normalized spacial score (nSPS) is 12.3. The van der Waals surface area contributed by atoms with E-state index in [1.807, 2.05) is 0 Å². The van der Waals surface area contributed by atoms with Crippen LogP contribution in [-0.4, -0.2) is 19.2 Å². The fourth-order valence-corrected chi connectivity index (χ4v) is 4.68. The summed E-state index contributed by atoms with van der Waals surface area (Å²) in [5.74, 6) is -0.369. The van der Waals surface area contributed by atoms with Gasteiger partial charge >= 0.3 is 0 Å². The molecule has 6 nitrogen and oxygen atoms in total. The van der Waals surface area contributed by atoms with Crippen LogP contribution in [0.5, 0.6) is 0 Å². The molecule has 0 aliphatic heterocycles. The van der Waals surface area contributed by atoms with Crippen molar-refractivity contribution >= 4 is 55.6 Å². The van der Waals surface area contributed by atoms with Crippen LogP contribution in [0.25, 0.3) is 10.9 Å². The van der Waals surface area contributed by atoms with Gasteiger partial charge in [0.25, 0.3) is 10.0 Å². The zero-order chi connectivity index (χ0) is 22.2. The summed E-state index contributed by atoms with van der Waals surface area (Å²) in [4.78, 5) is 16.0. The van der Waals surface area contributed by atoms with Gasteiger partial charge in [0.05, 0.1) is 26.5 Å². The lowest BCUT2D eigenvalue weighted by molar-refractivity contribution is 0.103. The van der Waals surface area contributed by atoms with Crippen molar-refractivity contribution in [2.75, 3.05) is 5.73 Å². The Morgan fingerprint density at radius 2 is 1.61 bits per heavy atom. The molecule has 0 spiro atoms. The van der Waals surface area contributed by atoms with Gasteiger partial charge in [-0.2, -0.15) is 12.8 Å². The molecule has 0 saturated carbocycles. The van der Waals surface area contributed by atoms with Crippen LogP contribution in [0.2, 0.25) is 10.0 Å². The summed E-state index contributed by atoms with van der Waals surface area (Å²) >= 11 is 12.5. The van der Waals surface area contributed by atoms with Gasteiger partial charge in [0.15, 0.2) is 0 Å². The summed E-state index contributed by atoms with van der Waals surface area (Å²) in [5, 5.41) is 0.882. The van der Waals surface area contributed by atoms with Crippen molar-refractivity contribution < 1.29 is 13.2 Å². The SMILES string of the molecule is Nc1ccc(C(=O)c2cc(=NS(=O)(=O)c3ccccc3)c3c(Cl)cc(Cl)cc3[nH]2)cc1. The molecule has 0 aliphatic carbocycles. The summed E-state index contributed by atoms with van der Waals surface area (Å²) in [5.41, 5.74) is 7.08. The quantitative estimate of drug-likeness (QED) is 0.335. The number of halogens is 2. The molecule has 0 amide bonds.